The van der Waals surface area contributed by atoms with Crippen LogP contribution in [-0.4, -0.2) is 69.4 Å². The maximum Gasteiger partial charge on any atom is 0.251 e. The van der Waals surface area contributed by atoms with E-state index in [4.69, 9.17) is 0 Å². The van der Waals surface area contributed by atoms with E-state index < -0.39 is 11.4 Å². The van der Waals surface area contributed by atoms with Crippen molar-refractivity contribution in [1.29, 1.82) is 0 Å². The molecule has 1 atom stereocenters. The Morgan fingerprint density at radius 3 is 2.83 bits per heavy atom. The maximum absolute atomic E-state index is 14.8. The molecule has 0 bridgehead atoms. The zero-order chi connectivity index (χ0) is 24.2. The Bertz CT molecular complexity index is 1380. The number of carbonyl (C=O) groups is 1. The van der Waals surface area contributed by atoms with Gasteiger partial charge in [-0.3, -0.25) is 19.5 Å². The van der Waals surface area contributed by atoms with E-state index in [0.717, 1.165) is 43.5 Å². The summed E-state index contributed by atoms with van der Waals surface area (Å²) in [6.07, 6.45) is 5.69. The van der Waals surface area contributed by atoms with E-state index in [2.05, 4.69) is 30.5 Å². The first-order valence-electron chi connectivity index (χ1n) is 11.9. The third kappa shape index (κ3) is 4.36. The Labute approximate surface area is 212 Å². The fraction of sp³-hybridized carbons (Fsp3) is 0.458. The summed E-state index contributed by atoms with van der Waals surface area (Å²) in [5, 5.41) is 18.1. The van der Waals surface area contributed by atoms with E-state index in [1.165, 1.54) is 10.6 Å². The normalized spacial score (nSPS) is 23.9. The highest BCUT2D eigenvalue weighted by molar-refractivity contribution is 6.16. The minimum absolute atomic E-state index is 0. The summed E-state index contributed by atoms with van der Waals surface area (Å²) in [6, 6.07) is 3.24. The van der Waals surface area contributed by atoms with Crippen LogP contribution in [0.5, 0.6) is 0 Å². The first-order valence-corrected chi connectivity index (χ1v) is 11.9. The Hall–Kier alpha value is -2.99. The molecule has 2 aromatic rings. The number of pyridine rings is 2. The number of aliphatic hydroxyl groups is 1. The SMILES string of the molecule is Cl.O=C1CCC2=CN=C(CNC3CCN(C[C@]4(O)Cn5c(=O)ccc6ncc(F)c4c65)CC3)NC2=N1. The first-order chi connectivity index (χ1) is 16.9. The van der Waals surface area contributed by atoms with Gasteiger partial charge >= 0.3 is 0 Å². The molecule has 0 aliphatic carbocycles. The summed E-state index contributed by atoms with van der Waals surface area (Å²) >= 11 is 0. The standard InChI is InChI=1S/C24H26FN7O3.ClH/c25-16-10-27-17-2-4-20(34)32-13-24(35,21(16)22(17)32)12-31-7-5-15(6-8-31)26-11-18-28-9-14-1-3-19(33)30-23(14)29-18;/h2,4,9-10,15,26,35H,1,3,5-8,11-13H2,(H,28,29,30,33);1H/t24-;/m0./s1. The van der Waals surface area contributed by atoms with Crippen molar-refractivity contribution in [2.24, 2.45) is 9.98 Å². The van der Waals surface area contributed by atoms with Crippen molar-refractivity contribution >= 4 is 41.0 Å². The number of fused-ring (bicyclic) bond motifs is 1. The lowest BCUT2D eigenvalue weighted by atomic mass is 9.93. The lowest BCUT2D eigenvalue weighted by molar-refractivity contribution is -0.117. The van der Waals surface area contributed by atoms with E-state index in [0.29, 0.717) is 36.3 Å². The molecular weight excluding hydrogens is 489 g/mol. The molecule has 0 unspecified atom stereocenters. The Balaban J connectivity index is 0.00000267. The molecule has 0 radical (unpaired) electrons. The zero-order valence-corrected chi connectivity index (χ0v) is 20.4. The van der Waals surface area contributed by atoms with Crippen LogP contribution in [0.15, 0.2) is 44.9 Å². The minimum Gasteiger partial charge on any atom is -0.382 e. The Kier molecular flexibility index (Phi) is 6.50. The van der Waals surface area contributed by atoms with Gasteiger partial charge in [0, 0.05) is 36.8 Å². The smallest absolute Gasteiger partial charge is 0.251 e. The van der Waals surface area contributed by atoms with Gasteiger partial charge in [0.1, 0.15) is 23.1 Å². The summed E-state index contributed by atoms with van der Waals surface area (Å²) in [6.45, 7) is 2.25. The molecule has 1 saturated heterocycles. The van der Waals surface area contributed by atoms with Crippen LogP contribution in [0.2, 0.25) is 0 Å². The average molecular weight is 516 g/mol. The third-order valence-corrected chi connectivity index (χ3v) is 7.26. The van der Waals surface area contributed by atoms with Crippen LogP contribution in [0, 0.1) is 5.82 Å². The number of amidine groups is 2. The topological polar surface area (TPSA) is 124 Å². The number of hydrogen-bond acceptors (Lipinski definition) is 8. The molecule has 36 heavy (non-hydrogen) atoms. The summed E-state index contributed by atoms with van der Waals surface area (Å²) < 4.78 is 16.2. The number of nitrogens with one attached hydrogen (secondary N) is 2. The molecule has 6 rings (SSSR count). The molecule has 3 N–H and O–H groups in total. The number of likely N-dealkylation sites (tertiary alicyclic amines) is 1. The van der Waals surface area contributed by atoms with E-state index >= 15 is 0 Å². The number of aromatic nitrogens is 2. The monoisotopic (exact) mass is 515 g/mol. The number of aliphatic imine (C=N–C) groups is 2. The summed E-state index contributed by atoms with van der Waals surface area (Å²) in [7, 11) is 0. The quantitative estimate of drug-likeness (QED) is 0.538. The second kappa shape index (κ2) is 9.47. The van der Waals surface area contributed by atoms with Crippen LogP contribution in [0.4, 0.5) is 4.39 Å². The molecule has 2 aromatic heterocycles. The van der Waals surface area contributed by atoms with Crippen LogP contribution >= 0.6 is 12.4 Å². The number of rotatable bonds is 5. The number of β-amino-alcohol motifs (C(OH)–C–C–N with tert-alkyl or cyclic N) is 1. The van der Waals surface area contributed by atoms with E-state index in [9.17, 15) is 19.1 Å². The lowest BCUT2D eigenvalue weighted by Gasteiger charge is -2.37. The van der Waals surface area contributed by atoms with Crippen molar-refractivity contribution in [2.45, 2.75) is 43.9 Å². The second-order valence-corrected chi connectivity index (χ2v) is 9.64. The second-order valence-electron chi connectivity index (χ2n) is 9.64. The molecule has 6 heterocycles. The lowest BCUT2D eigenvalue weighted by Crippen LogP contribution is -2.50. The Morgan fingerprint density at radius 1 is 1.22 bits per heavy atom. The molecule has 1 fully saturated rings. The molecular formula is C24H27ClFN7O3. The molecule has 190 valence electrons. The number of amides is 1. The number of piperidine rings is 1. The van der Waals surface area contributed by atoms with Gasteiger partial charge in [-0.2, -0.15) is 4.99 Å². The van der Waals surface area contributed by atoms with Gasteiger partial charge in [0.2, 0.25) is 5.91 Å². The third-order valence-electron chi connectivity index (χ3n) is 7.26. The van der Waals surface area contributed by atoms with Crippen LogP contribution in [0.3, 0.4) is 0 Å². The van der Waals surface area contributed by atoms with Gasteiger partial charge in [0.25, 0.3) is 5.56 Å². The van der Waals surface area contributed by atoms with Gasteiger partial charge < -0.3 is 20.3 Å². The number of nitrogens with zero attached hydrogens (tertiary/aromatic N) is 5. The molecule has 12 heteroatoms. The van der Waals surface area contributed by atoms with Crippen LogP contribution in [-0.2, 0) is 16.9 Å². The van der Waals surface area contributed by atoms with Crippen molar-refractivity contribution in [1.82, 2.24) is 25.1 Å². The average Bonchev–Trinajstić information content (AvgIpc) is 3.17. The Morgan fingerprint density at radius 2 is 2.03 bits per heavy atom. The molecule has 0 saturated carbocycles. The van der Waals surface area contributed by atoms with Gasteiger partial charge in [-0.15, -0.1) is 12.4 Å². The minimum atomic E-state index is -1.48. The van der Waals surface area contributed by atoms with Gasteiger partial charge in [0.05, 0.1) is 35.9 Å². The van der Waals surface area contributed by atoms with Crippen molar-refractivity contribution in [3.05, 3.63) is 51.8 Å². The predicted molar refractivity (Wildman–Crippen MR) is 135 cm³/mol. The van der Waals surface area contributed by atoms with Gasteiger partial charge in [-0.25, -0.2) is 9.38 Å². The van der Waals surface area contributed by atoms with Crippen molar-refractivity contribution < 1.29 is 14.3 Å². The van der Waals surface area contributed by atoms with Crippen molar-refractivity contribution in [3.63, 3.8) is 0 Å². The first kappa shape index (κ1) is 24.7. The van der Waals surface area contributed by atoms with E-state index in [1.54, 1.807) is 12.3 Å². The fourth-order valence-electron chi connectivity index (χ4n) is 5.48. The largest absolute Gasteiger partial charge is 0.382 e. The maximum atomic E-state index is 14.8. The predicted octanol–water partition coefficient (Wildman–Crippen LogP) is 0.817. The highest BCUT2D eigenvalue weighted by Gasteiger charge is 2.43. The van der Waals surface area contributed by atoms with Crippen LogP contribution < -0.4 is 16.2 Å². The summed E-state index contributed by atoms with van der Waals surface area (Å²) in [5.41, 5.74) is 0.262. The van der Waals surface area contributed by atoms with Gasteiger partial charge in [0.15, 0.2) is 0 Å². The van der Waals surface area contributed by atoms with Gasteiger partial charge in [-0.1, -0.05) is 0 Å². The molecule has 4 aliphatic rings. The highest BCUT2D eigenvalue weighted by Crippen LogP contribution is 2.37. The number of halogens is 2. The zero-order valence-electron chi connectivity index (χ0n) is 19.5. The highest BCUT2D eigenvalue weighted by atomic mass is 35.5. The number of hydrogen-bond donors (Lipinski definition) is 3. The van der Waals surface area contributed by atoms with Gasteiger partial charge in [-0.05, 0) is 38.4 Å². The van der Waals surface area contributed by atoms with Crippen LogP contribution in [0.1, 0.15) is 31.2 Å². The van der Waals surface area contributed by atoms with Crippen molar-refractivity contribution in [2.75, 3.05) is 26.2 Å². The van der Waals surface area contributed by atoms with Crippen LogP contribution in [0.25, 0.3) is 11.0 Å². The summed E-state index contributed by atoms with van der Waals surface area (Å²) in [5.74, 6) is 0.627. The molecule has 4 aliphatic heterocycles. The van der Waals surface area contributed by atoms with E-state index in [1.807, 2.05) is 0 Å². The fourth-order valence-corrected chi connectivity index (χ4v) is 5.48. The molecule has 0 spiro atoms. The summed E-state index contributed by atoms with van der Waals surface area (Å²) in [4.78, 5) is 38.7. The van der Waals surface area contributed by atoms with Crippen molar-refractivity contribution in [3.8, 4) is 0 Å². The molecule has 0 aromatic carbocycles. The molecule has 1 amide bonds. The van der Waals surface area contributed by atoms with E-state index in [-0.39, 0.29) is 48.6 Å². The molecule has 10 nitrogen and oxygen atoms in total. The number of carbonyl (C=O) groups excluding carboxylic acids is 1.